The highest BCUT2D eigenvalue weighted by Gasteiger charge is 2.33. The van der Waals surface area contributed by atoms with Crippen molar-refractivity contribution in [3.05, 3.63) is 0 Å². The second-order valence-electron chi connectivity index (χ2n) is 7.68. The minimum atomic E-state index is -0.624. The average molecular weight is 313 g/mol. The standard InChI is InChI=1S/C17H31NO4/c1-11(2)14(16(21)22-17(3,4)5)18-15(20)13-8-6-7-12(9-13)10-19/h11-14,19H,6-10H2,1-5H3,(H,18,20)/t12?,13?,14-/m0/s1. The number of carbonyl (C=O) groups excluding carboxylic acids is 2. The van der Waals surface area contributed by atoms with E-state index in [1.807, 2.05) is 34.6 Å². The van der Waals surface area contributed by atoms with E-state index in [1.165, 1.54) is 0 Å². The van der Waals surface area contributed by atoms with Gasteiger partial charge in [-0.2, -0.15) is 0 Å². The largest absolute Gasteiger partial charge is 0.458 e. The van der Waals surface area contributed by atoms with E-state index in [0.717, 1.165) is 19.3 Å². The molecule has 1 aliphatic carbocycles. The first-order chi connectivity index (χ1) is 10.1. The molecular formula is C17H31NO4. The summed E-state index contributed by atoms with van der Waals surface area (Å²) >= 11 is 0. The van der Waals surface area contributed by atoms with Crippen molar-refractivity contribution < 1.29 is 19.4 Å². The number of esters is 1. The molecule has 1 aliphatic rings. The molecule has 0 heterocycles. The van der Waals surface area contributed by atoms with Crippen molar-refractivity contribution in [3.63, 3.8) is 0 Å². The van der Waals surface area contributed by atoms with Crippen molar-refractivity contribution in [2.75, 3.05) is 6.61 Å². The number of hydrogen-bond acceptors (Lipinski definition) is 4. The third-order valence-electron chi connectivity index (χ3n) is 4.04. The monoisotopic (exact) mass is 313 g/mol. The Morgan fingerprint density at radius 1 is 1.27 bits per heavy atom. The predicted octanol–water partition coefficient (Wildman–Crippen LogP) is 2.27. The summed E-state index contributed by atoms with van der Waals surface area (Å²) in [7, 11) is 0. The van der Waals surface area contributed by atoms with Gasteiger partial charge in [-0.25, -0.2) is 4.79 Å². The fourth-order valence-electron chi connectivity index (χ4n) is 2.83. The summed E-state index contributed by atoms with van der Waals surface area (Å²) in [5.41, 5.74) is -0.568. The number of aliphatic hydroxyl groups excluding tert-OH is 1. The molecule has 0 aromatic rings. The van der Waals surface area contributed by atoms with Gasteiger partial charge in [-0.15, -0.1) is 0 Å². The SMILES string of the molecule is CC(C)[C@H](NC(=O)C1CCCC(CO)C1)C(=O)OC(C)(C)C. The Kier molecular flexibility index (Phi) is 6.85. The maximum atomic E-state index is 12.4. The Balaban J connectivity index is 2.66. The fourth-order valence-corrected chi connectivity index (χ4v) is 2.83. The molecule has 1 fully saturated rings. The average Bonchev–Trinajstić information content (AvgIpc) is 2.42. The fraction of sp³-hybridized carbons (Fsp3) is 0.882. The van der Waals surface area contributed by atoms with Crippen LogP contribution < -0.4 is 5.32 Å². The van der Waals surface area contributed by atoms with Gasteiger partial charge in [0.15, 0.2) is 0 Å². The lowest BCUT2D eigenvalue weighted by Gasteiger charge is -2.30. The topological polar surface area (TPSA) is 75.6 Å². The van der Waals surface area contributed by atoms with Crippen LogP contribution in [-0.4, -0.2) is 35.2 Å². The van der Waals surface area contributed by atoms with Crippen LogP contribution in [0.5, 0.6) is 0 Å². The lowest BCUT2D eigenvalue weighted by Crippen LogP contribution is -2.49. The van der Waals surface area contributed by atoms with E-state index in [4.69, 9.17) is 4.74 Å². The van der Waals surface area contributed by atoms with E-state index in [2.05, 4.69) is 5.32 Å². The third-order valence-corrected chi connectivity index (χ3v) is 4.04. The lowest BCUT2D eigenvalue weighted by atomic mass is 9.81. The van der Waals surface area contributed by atoms with E-state index in [0.29, 0.717) is 6.42 Å². The van der Waals surface area contributed by atoms with Gasteiger partial charge < -0.3 is 15.2 Å². The van der Waals surface area contributed by atoms with Crippen LogP contribution >= 0.6 is 0 Å². The third kappa shape index (κ3) is 5.95. The maximum Gasteiger partial charge on any atom is 0.329 e. The summed E-state index contributed by atoms with van der Waals surface area (Å²) in [6.07, 6.45) is 3.44. The first-order valence-corrected chi connectivity index (χ1v) is 8.28. The van der Waals surface area contributed by atoms with Gasteiger partial charge in [0, 0.05) is 12.5 Å². The molecule has 128 valence electrons. The zero-order valence-electron chi connectivity index (χ0n) is 14.5. The number of hydrogen-bond donors (Lipinski definition) is 2. The molecule has 0 bridgehead atoms. The van der Waals surface area contributed by atoms with E-state index >= 15 is 0 Å². The number of rotatable bonds is 5. The molecule has 0 aromatic heterocycles. The maximum absolute atomic E-state index is 12.4. The zero-order valence-corrected chi connectivity index (χ0v) is 14.5. The molecule has 3 atom stereocenters. The molecule has 22 heavy (non-hydrogen) atoms. The molecule has 1 amide bonds. The van der Waals surface area contributed by atoms with Gasteiger partial charge in [-0.05, 0) is 51.9 Å². The van der Waals surface area contributed by atoms with Crippen molar-refractivity contribution in [1.82, 2.24) is 5.32 Å². The molecule has 1 saturated carbocycles. The highest BCUT2D eigenvalue weighted by Crippen LogP contribution is 2.29. The van der Waals surface area contributed by atoms with E-state index < -0.39 is 11.6 Å². The predicted molar refractivity (Wildman–Crippen MR) is 85.1 cm³/mol. The van der Waals surface area contributed by atoms with Gasteiger partial charge in [-0.1, -0.05) is 20.3 Å². The zero-order chi connectivity index (χ0) is 16.9. The molecule has 0 spiro atoms. The second kappa shape index (κ2) is 7.95. The first kappa shape index (κ1) is 18.9. The van der Waals surface area contributed by atoms with Crippen molar-refractivity contribution in [1.29, 1.82) is 0 Å². The van der Waals surface area contributed by atoms with Crippen LogP contribution in [0.3, 0.4) is 0 Å². The summed E-state index contributed by atoms with van der Waals surface area (Å²) in [6, 6.07) is -0.624. The number of amides is 1. The van der Waals surface area contributed by atoms with Crippen LogP contribution in [0.2, 0.25) is 0 Å². The molecule has 2 N–H and O–H groups in total. The molecule has 0 aromatic carbocycles. The summed E-state index contributed by atoms with van der Waals surface area (Å²) < 4.78 is 5.40. The van der Waals surface area contributed by atoms with Crippen LogP contribution in [0.25, 0.3) is 0 Å². The van der Waals surface area contributed by atoms with Crippen molar-refractivity contribution in [2.45, 2.75) is 71.9 Å². The second-order valence-corrected chi connectivity index (χ2v) is 7.68. The van der Waals surface area contributed by atoms with Crippen LogP contribution in [0, 0.1) is 17.8 Å². The number of nitrogens with one attached hydrogen (secondary N) is 1. The first-order valence-electron chi connectivity index (χ1n) is 8.28. The molecule has 5 nitrogen and oxygen atoms in total. The Morgan fingerprint density at radius 3 is 2.41 bits per heavy atom. The number of carbonyl (C=O) groups is 2. The van der Waals surface area contributed by atoms with Crippen molar-refractivity contribution in [2.24, 2.45) is 17.8 Å². The summed E-state index contributed by atoms with van der Waals surface area (Å²) in [6.45, 7) is 9.37. The Morgan fingerprint density at radius 2 is 1.91 bits per heavy atom. The van der Waals surface area contributed by atoms with Crippen molar-refractivity contribution >= 4 is 11.9 Å². The lowest BCUT2D eigenvalue weighted by molar-refractivity contribution is -0.160. The highest BCUT2D eigenvalue weighted by molar-refractivity contribution is 5.86. The smallest absolute Gasteiger partial charge is 0.329 e. The minimum Gasteiger partial charge on any atom is -0.458 e. The van der Waals surface area contributed by atoms with Gasteiger partial charge in [0.05, 0.1) is 0 Å². The molecule has 5 heteroatoms. The van der Waals surface area contributed by atoms with Gasteiger partial charge in [0.1, 0.15) is 11.6 Å². The summed E-state index contributed by atoms with van der Waals surface area (Å²) in [5, 5.41) is 12.1. The molecule has 0 aliphatic heterocycles. The Hall–Kier alpha value is -1.10. The Bertz CT molecular complexity index is 387. The molecule has 0 saturated heterocycles. The number of ether oxygens (including phenoxy) is 1. The van der Waals surface area contributed by atoms with Crippen molar-refractivity contribution in [3.8, 4) is 0 Å². The Labute approximate surface area is 133 Å². The van der Waals surface area contributed by atoms with E-state index in [-0.39, 0.29) is 36.2 Å². The molecular weight excluding hydrogens is 282 g/mol. The number of aliphatic hydroxyl groups is 1. The van der Waals surface area contributed by atoms with Crippen LogP contribution in [-0.2, 0) is 14.3 Å². The van der Waals surface area contributed by atoms with E-state index in [9.17, 15) is 14.7 Å². The minimum absolute atomic E-state index is 0.0315. The van der Waals surface area contributed by atoms with Crippen LogP contribution in [0.4, 0.5) is 0 Å². The van der Waals surface area contributed by atoms with Crippen LogP contribution in [0.1, 0.15) is 60.3 Å². The van der Waals surface area contributed by atoms with Gasteiger partial charge in [-0.3, -0.25) is 4.79 Å². The quantitative estimate of drug-likeness (QED) is 0.764. The molecule has 0 radical (unpaired) electrons. The highest BCUT2D eigenvalue weighted by atomic mass is 16.6. The molecule has 2 unspecified atom stereocenters. The van der Waals surface area contributed by atoms with E-state index in [1.54, 1.807) is 0 Å². The summed E-state index contributed by atoms with van der Waals surface area (Å²) in [4.78, 5) is 24.7. The molecule has 1 rings (SSSR count). The van der Waals surface area contributed by atoms with Gasteiger partial charge in [0.2, 0.25) is 5.91 Å². The van der Waals surface area contributed by atoms with Crippen LogP contribution in [0.15, 0.2) is 0 Å². The van der Waals surface area contributed by atoms with Gasteiger partial charge >= 0.3 is 5.97 Å². The normalized spacial score (nSPS) is 24.0. The summed E-state index contributed by atoms with van der Waals surface area (Å²) in [5.74, 6) is -0.429. The van der Waals surface area contributed by atoms with Gasteiger partial charge in [0.25, 0.3) is 0 Å².